The Kier molecular flexibility index (Phi) is 3.64. The zero-order chi connectivity index (χ0) is 17.9. The van der Waals surface area contributed by atoms with Crippen molar-refractivity contribution < 1.29 is 14.7 Å². The van der Waals surface area contributed by atoms with E-state index in [0.29, 0.717) is 23.9 Å². The van der Waals surface area contributed by atoms with Gasteiger partial charge in [-0.05, 0) is 73.3 Å². The minimum absolute atomic E-state index is 0.141. The van der Waals surface area contributed by atoms with Gasteiger partial charge in [-0.15, -0.1) is 0 Å². The van der Waals surface area contributed by atoms with E-state index in [9.17, 15) is 14.7 Å². The molecule has 0 saturated heterocycles. The monoisotopic (exact) mass is 354 g/mol. The Morgan fingerprint density at radius 2 is 1.69 bits per heavy atom. The van der Waals surface area contributed by atoms with Crippen molar-refractivity contribution in [1.29, 1.82) is 0 Å². The number of carbonyl (C=O) groups excluding carboxylic acids is 1. The van der Waals surface area contributed by atoms with Gasteiger partial charge in [-0.1, -0.05) is 24.3 Å². The van der Waals surface area contributed by atoms with Gasteiger partial charge in [0.25, 0.3) is 5.91 Å². The molecule has 1 aliphatic heterocycles. The predicted molar refractivity (Wildman–Crippen MR) is 96.4 cm³/mol. The second-order valence-electron chi connectivity index (χ2n) is 8.82. The molecule has 1 amide bonds. The highest BCUT2D eigenvalue weighted by Crippen LogP contribution is 2.53. The van der Waals surface area contributed by atoms with Crippen LogP contribution in [0.5, 0.6) is 0 Å². The minimum Gasteiger partial charge on any atom is -0.479 e. The van der Waals surface area contributed by atoms with E-state index < -0.39 is 11.5 Å². The van der Waals surface area contributed by atoms with Crippen molar-refractivity contribution in [1.82, 2.24) is 10.6 Å². The molecule has 0 spiro atoms. The van der Waals surface area contributed by atoms with Crippen molar-refractivity contribution in [2.45, 2.75) is 50.1 Å². The van der Waals surface area contributed by atoms with Crippen LogP contribution in [0.15, 0.2) is 24.3 Å². The first-order valence-corrected chi connectivity index (χ1v) is 9.95. The summed E-state index contributed by atoms with van der Waals surface area (Å²) in [6.07, 6.45) is 6.90. The second-order valence-corrected chi connectivity index (χ2v) is 8.82. The number of rotatable bonds is 3. The molecule has 4 fully saturated rings. The summed E-state index contributed by atoms with van der Waals surface area (Å²) in [7, 11) is 0. The van der Waals surface area contributed by atoms with Gasteiger partial charge in [0.1, 0.15) is 0 Å². The van der Waals surface area contributed by atoms with Crippen molar-refractivity contribution >= 4 is 11.9 Å². The Bertz CT molecular complexity index is 733. The third-order valence-electron chi connectivity index (χ3n) is 7.39. The van der Waals surface area contributed by atoms with Gasteiger partial charge in [-0.2, -0.15) is 0 Å². The molecular formula is C21H26N2O3. The standard InChI is InChI=1S/C21H26N2O3/c24-19(23-18-15-8-12-7-13(10-15)11-16(18)9-12)21(20(25)26)17-4-2-1-3-14(17)5-6-22-21/h1-4,12-13,15-16,18,22H,5-11H2,(H,23,24)(H,25,26). The summed E-state index contributed by atoms with van der Waals surface area (Å²) in [5, 5.41) is 16.3. The number of hydrogen-bond acceptors (Lipinski definition) is 3. The van der Waals surface area contributed by atoms with Crippen LogP contribution in [0, 0.1) is 23.7 Å². The molecule has 5 heteroatoms. The van der Waals surface area contributed by atoms with Crippen LogP contribution in [0.1, 0.15) is 43.2 Å². The first-order valence-electron chi connectivity index (χ1n) is 9.95. The van der Waals surface area contributed by atoms with E-state index in [1.54, 1.807) is 6.07 Å². The highest BCUT2D eigenvalue weighted by Gasteiger charge is 2.54. The summed E-state index contributed by atoms with van der Waals surface area (Å²) in [5.74, 6) is 1.22. The molecule has 4 aliphatic carbocycles. The largest absolute Gasteiger partial charge is 0.479 e. The number of amides is 1. The molecular weight excluding hydrogens is 328 g/mol. The maximum absolute atomic E-state index is 13.4. The fourth-order valence-corrected chi connectivity index (χ4v) is 6.50. The Labute approximate surface area is 153 Å². The summed E-state index contributed by atoms with van der Waals surface area (Å²) in [6, 6.07) is 7.59. The summed E-state index contributed by atoms with van der Waals surface area (Å²) in [6.45, 7) is 0.498. The van der Waals surface area contributed by atoms with Gasteiger partial charge >= 0.3 is 5.97 Å². The van der Waals surface area contributed by atoms with Crippen LogP contribution in [0.4, 0.5) is 0 Å². The number of fused-ring (bicyclic) bond motifs is 1. The van der Waals surface area contributed by atoms with Gasteiger partial charge in [-0.3, -0.25) is 10.1 Å². The highest BCUT2D eigenvalue weighted by molar-refractivity contribution is 6.08. The molecule has 1 aromatic carbocycles. The Morgan fingerprint density at radius 3 is 2.35 bits per heavy atom. The van der Waals surface area contributed by atoms with Crippen molar-refractivity contribution in [3.8, 4) is 0 Å². The van der Waals surface area contributed by atoms with E-state index in [4.69, 9.17) is 0 Å². The van der Waals surface area contributed by atoms with Crippen molar-refractivity contribution in [2.24, 2.45) is 23.7 Å². The minimum atomic E-state index is -1.66. The molecule has 1 aromatic rings. The number of nitrogens with one attached hydrogen (secondary N) is 2. The van der Waals surface area contributed by atoms with E-state index >= 15 is 0 Å². The molecule has 0 radical (unpaired) electrons. The maximum atomic E-state index is 13.4. The van der Waals surface area contributed by atoms with Gasteiger partial charge in [0.15, 0.2) is 0 Å². The van der Waals surface area contributed by atoms with E-state index in [-0.39, 0.29) is 11.9 Å². The van der Waals surface area contributed by atoms with Crippen LogP contribution < -0.4 is 10.6 Å². The topological polar surface area (TPSA) is 78.4 Å². The van der Waals surface area contributed by atoms with E-state index in [1.807, 2.05) is 18.2 Å². The average Bonchev–Trinajstić information content (AvgIpc) is 2.63. The SMILES string of the molecule is O=C(O)C1(C(=O)NC2C3CC4CC(C3)CC2C4)NCCc2ccccc21. The zero-order valence-electron chi connectivity index (χ0n) is 14.9. The summed E-state index contributed by atoms with van der Waals surface area (Å²) >= 11 is 0. The lowest BCUT2D eigenvalue weighted by atomic mass is 9.54. The molecule has 1 heterocycles. The Hall–Kier alpha value is -1.88. The predicted octanol–water partition coefficient (Wildman–Crippen LogP) is 2.05. The average molecular weight is 354 g/mol. The van der Waals surface area contributed by atoms with Crippen molar-refractivity contribution in [3.05, 3.63) is 35.4 Å². The molecule has 5 aliphatic rings. The van der Waals surface area contributed by atoms with Gasteiger partial charge < -0.3 is 10.4 Å². The molecule has 1 atom stereocenters. The Morgan fingerprint density at radius 1 is 1.04 bits per heavy atom. The van der Waals surface area contributed by atoms with Gasteiger partial charge in [0.05, 0.1) is 0 Å². The quantitative estimate of drug-likeness (QED) is 0.726. The highest BCUT2D eigenvalue weighted by atomic mass is 16.4. The first-order chi connectivity index (χ1) is 12.6. The lowest BCUT2D eigenvalue weighted by Gasteiger charge is -2.54. The summed E-state index contributed by atoms with van der Waals surface area (Å²) in [5.41, 5.74) is -0.113. The van der Waals surface area contributed by atoms with Crippen LogP contribution in [0.3, 0.4) is 0 Å². The number of benzene rings is 1. The number of carboxylic acids is 1. The lowest BCUT2D eigenvalue weighted by Crippen LogP contribution is -2.66. The number of carboxylic acid groups (broad SMARTS) is 1. The molecule has 4 bridgehead atoms. The Balaban J connectivity index is 1.46. The zero-order valence-corrected chi connectivity index (χ0v) is 14.9. The fourth-order valence-electron chi connectivity index (χ4n) is 6.50. The molecule has 0 aromatic heterocycles. The molecule has 5 nitrogen and oxygen atoms in total. The van der Waals surface area contributed by atoms with Gasteiger partial charge in [-0.25, -0.2) is 4.79 Å². The normalized spacial score (nSPS) is 40.1. The van der Waals surface area contributed by atoms with Crippen LogP contribution in [-0.4, -0.2) is 29.6 Å². The molecule has 4 saturated carbocycles. The first kappa shape index (κ1) is 16.3. The maximum Gasteiger partial charge on any atom is 0.338 e. The molecule has 26 heavy (non-hydrogen) atoms. The van der Waals surface area contributed by atoms with Crippen LogP contribution in [-0.2, 0) is 21.5 Å². The van der Waals surface area contributed by atoms with Crippen LogP contribution >= 0.6 is 0 Å². The molecule has 3 N–H and O–H groups in total. The third-order valence-corrected chi connectivity index (χ3v) is 7.39. The third kappa shape index (κ3) is 2.26. The number of hydrogen-bond donors (Lipinski definition) is 3. The lowest BCUT2D eigenvalue weighted by molar-refractivity contribution is -0.153. The van der Waals surface area contributed by atoms with E-state index in [0.717, 1.165) is 23.8 Å². The van der Waals surface area contributed by atoms with Crippen LogP contribution in [0.2, 0.25) is 0 Å². The van der Waals surface area contributed by atoms with E-state index in [2.05, 4.69) is 10.6 Å². The molecule has 138 valence electrons. The van der Waals surface area contributed by atoms with E-state index in [1.165, 1.54) is 32.1 Å². The van der Waals surface area contributed by atoms with Crippen molar-refractivity contribution in [3.63, 3.8) is 0 Å². The number of carbonyl (C=O) groups is 2. The van der Waals surface area contributed by atoms with Gasteiger partial charge in [0, 0.05) is 12.6 Å². The summed E-state index contributed by atoms with van der Waals surface area (Å²) < 4.78 is 0. The summed E-state index contributed by atoms with van der Waals surface area (Å²) in [4.78, 5) is 25.7. The fraction of sp³-hybridized carbons (Fsp3) is 0.619. The smallest absolute Gasteiger partial charge is 0.338 e. The second kappa shape index (κ2) is 5.81. The number of aliphatic carboxylic acids is 1. The molecule has 6 rings (SSSR count). The molecule has 1 unspecified atom stereocenters. The van der Waals surface area contributed by atoms with Crippen LogP contribution in [0.25, 0.3) is 0 Å². The van der Waals surface area contributed by atoms with Gasteiger partial charge in [0.2, 0.25) is 5.54 Å². The van der Waals surface area contributed by atoms with Crippen molar-refractivity contribution in [2.75, 3.05) is 6.54 Å².